The fraction of sp³-hybridized carbons (Fsp3) is 1.00. The summed E-state index contributed by atoms with van der Waals surface area (Å²) in [4.78, 5) is 0. The molecule has 1 nitrogen and oxygen atoms in total. The van der Waals surface area contributed by atoms with Gasteiger partial charge in [0.15, 0.2) is 0 Å². The highest BCUT2D eigenvalue weighted by Gasteiger charge is 2.05. The van der Waals surface area contributed by atoms with Crippen molar-refractivity contribution in [2.24, 2.45) is 5.92 Å². The van der Waals surface area contributed by atoms with Crippen LogP contribution < -0.4 is 5.32 Å². The maximum Gasteiger partial charge on any atom is -0.00232 e. The molecule has 74 valence electrons. The number of hydrogen-bond donors (Lipinski definition) is 1. The minimum absolute atomic E-state index is 0.902. The van der Waals surface area contributed by atoms with Crippen LogP contribution in [-0.4, -0.2) is 25.1 Å². The third-order valence-electron chi connectivity index (χ3n) is 2.06. The van der Waals surface area contributed by atoms with Crippen LogP contribution in [0.2, 0.25) is 0 Å². The van der Waals surface area contributed by atoms with Gasteiger partial charge in [0.05, 0.1) is 0 Å². The summed E-state index contributed by atoms with van der Waals surface area (Å²) in [5, 5.41) is 3.27. The van der Waals surface area contributed by atoms with E-state index in [1.54, 1.807) is 0 Å². The van der Waals surface area contributed by atoms with Gasteiger partial charge in [0.2, 0.25) is 0 Å². The molecule has 0 aromatic rings. The van der Waals surface area contributed by atoms with E-state index in [9.17, 15) is 0 Å². The zero-order valence-electron chi connectivity index (χ0n) is 8.73. The first kappa shape index (κ1) is 12.3. The van der Waals surface area contributed by atoms with E-state index in [4.69, 9.17) is 0 Å². The largest absolute Gasteiger partial charge is 0.319 e. The Balaban J connectivity index is 3.34. The van der Waals surface area contributed by atoms with Crippen molar-refractivity contribution in [2.75, 3.05) is 25.1 Å². The summed E-state index contributed by atoms with van der Waals surface area (Å²) in [5.74, 6) is 3.50. The maximum absolute atomic E-state index is 3.27. The first-order chi connectivity index (χ1) is 5.85. The molecule has 0 amide bonds. The van der Waals surface area contributed by atoms with Gasteiger partial charge in [0.25, 0.3) is 0 Å². The molecule has 0 heterocycles. The smallest absolute Gasteiger partial charge is 0.00232 e. The van der Waals surface area contributed by atoms with Crippen LogP contribution in [0, 0.1) is 5.92 Å². The van der Waals surface area contributed by atoms with Gasteiger partial charge < -0.3 is 5.32 Å². The number of thioether (sulfide) groups is 1. The average Bonchev–Trinajstić information content (AvgIpc) is 2.06. The zero-order chi connectivity index (χ0) is 9.23. The van der Waals surface area contributed by atoms with E-state index in [2.05, 4.69) is 38.0 Å². The van der Waals surface area contributed by atoms with Crippen LogP contribution in [0.5, 0.6) is 0 Å². The van der Waals surface area contributed by atoms with E-state index >= 15 is 0 Å². The zero-order valence-corrected chi connectivity index (χ0v) is 9.54. The molecule has 0 fully saturated rings. The first-order valence-electron chi connectivity index (χ1n) is 5.07. The second-order valence-corrected chi connectivity index (χ2v) is 4.59. The SMILES string of the molecule is CCCC(CCSCC)CNC. The lowest BCUT2D eigenvalue weighted by Gasteiger charge is -2.14. The molecule has 0 saturated carbocycles. The van der Waals surface area contributed by atoms with Crippen LogP contribution in [0.1, 0.15) is 33.1 Å². The van der Waals surface area contributed by atoms with E-state index in [1.165, 1.54) is 37.3 Å². The molecule has 0 aromatic heterocycles. The summed E-state index contributed by atoms with van der Waals surface area (Å²) >= 11 is 2.06. The Hall–Kier alpha value is 0.310. The maximum atomic E-state index is 3.27. The molecule has 1 atom stereocenters. The average molecular weight is 189 g/mol. The molecule has 0 aliphatic rings. The molecule has 0 bridgehead atoms. The second kappa shape index (κ2) is 9.40. The second-order valence-electron chi connectivity index (χ2n) is 3.20. The lowest BCUT2D eigenvalue weighted by atomic mass is 10.0. The van der Waals surface area contributed by atoms with Crippen molar-refractivity contribution in [2.45, 2.75) is 33.1 Å². The van der Waals surface area contributed by atoms with Gasteiger partial charge in [-0.25, -0.2) is 0 Å². The predicted octanol–water partition coefficient (Wildman–Crippen LogP) is 2.77. The Morgan fingerprint density at radius 3 is 2.50 bits per heavy atom. The van der Waals surface area contributed by atoms with Crippen molar-refractivity contribution in [3.63, 3.8) is 0 Å². The minimum atomic E-state index is 0.902. The Bertz CT molecular complexity index is 79.9. The van der Waals surface area contributed by atoms with Gasteiger partial charge in [-0.05, 0) is 43.9 Å². The normalized spacial score (nSPS) is 13.2. The topological polar surface area (TPSA) is 12.0 Å². The first-order valence-corrected chi connectivity index (χ1v) is 6.22. The molecule has 0 radical (unpaired) electrons. The molecule has 0 spiro atoms. The molecule has 0 rings (SSSR count). The Morgan fingerprint density at radius 1 is 1.25 bits per heavy atom. The summed E-state index contributed by atoms with van der Waals surface area (Å²) in [5.41, 5.74) is 0. The molecule has 0 aliphatic heterocycles. The highest BCUT2D eigenvalue weighted by Crippen LogP contribution is 2.13. The fourth-order valence-corrected chi connectivity index (χ4v) is 2.23. The van der Waals surface area contributed by atoms with Gasteiger partial charge in [0.1, 0.15) is 0 Å². The summed E-state index contributed by atoms with van der Waals surface area (Å²) in [6, 6.07) is 0. The highest BCUT2D eigenvalue weighted by molar-refractivity contribution is 7.99. The quantitative estimate of drug-likeness (QED) is 0.589. The number of hydrogen-bond acceptors (Lipinski definition) is 2. The van der Waals surface area contributed by atoms with Gasteiger partial charge in [0, 0.05) is 0 Å². The van der Waals surface area contributed by atoms with Crippen LogP contribution in [0.15, 0.2) is 0 Å². The summed E-state index contributed by atoms with van der Waals surface area (Å²) in [6.07, 6.45) is 4.08. The van der Waals surface area contributed by atoms with Crippen LogP contribution in [0.4, 0.5) is 0 Å². The van der Waals surface area contributed by atoms with Crippen molar-refractivity contribution in [1.82, 2.24) is 5.32 Å². The van der Waals surface area contributed by atoms with Crippen molar-refractivity contribution in [3.05, 3.63) is 0 Å². The van der Waals surface area contributed by atoms with Crippen molar-refractivity contribution in [1.29, 1.82) is 0 Å². The van der Waals surface area contributed by atoms with E-state index in [0.29, 0.717) is 0 Å². The predicted molar refractivity (Wildman–Crippen MR) is 59.9 cm³/mol. The summed E-state index contributed by atoms with van der Waals surface area (Å²) in [6.45, 7) is 5.70. The molecular formula is C10H23NS. The fourth-order valence-electron chi connectivity index (χ4n) is 1.44. The molecule has 0 saturated heterocycles. The van der Waals surface area contributed by atoms with E-state index in [-0.39, 0.29) is 0 Å². The van der Waals surface area contributed by atoms with E-state index in [0.717, 1.165) is 5.92 Å². The lowest BCUT2D eigenvalue weighted by molar-refractivity contribution is 0.448. The van der Waals surface area contributed by atoms with Crippen molar-refractivity contribution >= 4 is 11.8 Å². The molecule has 0 aliphatic carbocycles. The van der Waals surface area contributed by atoms with Crippen LogP contribution in [-0.2, 0) is 0 Å². The lowest BCUT2D eigenvalue weighted by Crippen LogP contribution is -2.19. The van der Waals surface area contributed by atoms with Crippen LogP contribution >= 0.6 is 11.8 Å². The molecule has 1 unspecified atom stereocenters. The van der Waals surface area contributed by atoms with Crippen molar-refractivity contribution < 1.29 is 0 Å². The van der Waals surface area contributed by atoms with Gasteiger partial charge in [-0.15, -0.1) is 0 Å². The molecule has 2 heteroatoms. The number of rotatable bonds is 8. The van der Waals surface area contributed by atoms with Gasteiger partial charge in [-0.1, -0.05) is 20.3 Å². The third kappa shape index (κ3) is 6.99. The summed E-state index contributed by atoms with van der Waals surface area (Å²) < 4.78 is 0. The Morgan fingerprint density at radius 2 is 2.00 bits per heavy atom. The van der Waals surface area contributed by atoms with E-state index < -0.39 is 0 Å². The van der Waals surface area contributed by atoms with Crippen LogP contribution in [0.3, 0.4) is 0 Å². The molecule has 0 aromatic carbocycles. The molecular weight excluding hydrogens is 166 g/mol. The number of nitrogens with one attached hydrogen (secondary N) is 1. The molecule has 12 heavy (non-hydrogen) atoms. The summed E-state index contributed by atoms with van der Waals surface area (Å²) in [7, 11) is 2.05. The van der Waals surface area contributed by atoms with Gasteiger partial charge in [-0.2, -0.15) is 11.8 Å². The van der Waals surface area contributed by atoms with E-state index in [1.807, 2.05) is 0 Å². The standard InChI is InChI=1S/C10H23NS/c1-4-6-10(9-11-3)7-8-12-5-2/h10-11H,4-9H2,1-3H3. The highest BCUT2D eigenvalue weighted by atomic mass is 32.2. The van der Waals surface area contributed by atoms with Crippen LogP contribution in [0.25, 0.3) is 0 Å². The van der Waals surface area contributed by atoms with Crippen molar-refractivity contribution in [3.8, 4) is 0 Å². The Kier molecular flexibility index (Phi) is 9.64. The monoisotopic (exact) mass is 189 g/mol. The van der Waals surface area contributed by atoms with Gasteiger partial charge >= 0.3 is 0 Å². The Labute approximate surface area is 81.7 Å². The molecule has 1 N–H and O–H groups in total. The van der Waals surface area contributed by atoms with Gasteiger partial charge in [-0.3, -0.25) is 0 Å². The minimum Gasteiger partial charge on any atom is -0.319 e. The third-order valence-corrected chi connectivity index (χ3v) is 3.00.